The third-order valence-electron chi connectivity index (χ3n) is 7.51. The SMILES string of the molecule is N#CC1(c2ccc(Cl)cc2)CC=C(N2CCC3(CC2)C(=O)NCN3c2ccccc2)CC1. The van der Waals surface area contributed by atoms with Crippen molar-refractivity contribution in [1.82, 2.24) is 10.2 Å². The fourth-order valence-electron chi connectivity index (χ4n) is 5.52. The molecular formula is C26H27ClN4O. The average molecular weight is 447 g/mol. The molecule has 1 amide bonds. The molecule has 1 atom stereocenters. The monoisotopic (exact) mass is 446 g/mol. The number of hydrogen-bond donors (Lipinski definition) is 1. The van der Waals surface area contributed by atoms with Crippen LogP contribution in [0.25, 0.3) is 0 Å². The highest BCUT2D eigenvalue weighted by atomic mass is 35.5. The normalized spacial score (nSPS) is 24.8. The number of likely N-dealkylation sites (tertiary alicyclic amines) is 1. The smallest absolute Gasteiger partial charge is 0.247 e. The van der Waals surface area contributed by atoms with E-state index in [1.165, 1.54) is 5.70 Å². The molecule has 0 bridgehead atoms. The van der Waals surface area contributed by atoms with Crippen LogP contribution >= 0.6 is 11.6 Å². The van der Waals surface area contributed by atoms with Gasteiger partial charge in [-0.3, -0.25) is 4.79 Å². The van der Waals surface area contributed by atoms with E-state index in [0.717, 1.165) is 50.0 Å². The summed E-state index contributed by atoms with van der Waals surface area (Å²) >= 11 is 6.04. The fraction of sp³-hybridized carbons (Fsp3) is 0.385. The third kappa shape index (κ3) is 3.43. The molecule has 2 fully saturated rings. The molecule has 5 nitrogen and oxygen atoms in total. The Labute approximate surface area is 194 Å². The van der Waals surface area contributed by atoms with E-state index in [2.05, 4.69) is 39.4 Å². The Morgan fingerprint density at radius 1 is 1.00 bits per heavy atom. The molecule has 0 aromatic heterocycles. The summed E-state index contributed by atoms with van der Waals surface area (Å²) in [6, 6.07) is 20.5. The lowest BCUT2D eigenvalue weighted by atomic mass is 9.72. The zero-order valence-electron chi connectivity index (χ0n) is 18.1. The predicted molar refractivity (Wildman–Crippen MR) is 126 cm³/mol. The highest BCUT2D eigenvalue weighted by Crippen LogP contribution is 2.42. The largest absolute Gasteiger partial charge is 0.375 e. The minimum absolute atomic E-state index is 0.143. The molecule has 2 aliphatic heterocycles. The molecule has 0 radical (unpaired) electrons. The van der Waals surface area contributed by atoms with Crippen molar-refractivity contribution >= 4 is 23.2 Å². The zero-order valence-corrected chi connectivity index (χ0v) is 18.8. The van der Waals surface area contributed by atoms with Crippen LogP contribution in [0, 0.1) is 11.3 Å². The van der Waals surface area contributed by atoms with Crippen LogP contribution in [0.5, 0.6) is 0 Å². The number of anilines is 1. The van der Waals surface area contributed by atoms with Crippen molar-refractivity contribution in [2.45, 2.75) is 43.1 Å². The van der Waals surface area contributed by atoms with Gasteiger partial charge in [0.25, 0.3) is 0 Å². The highest BCUT2D eigenvalue weighted by Gasteiger charge is 2.50. The number of halogens is 1. The number of allylic oxidation sites excluding steroid dienone is 2. The van der Waals surface area contributed by atoms with Gasteiger partial charge in [-0.05, 0) is 61.9 Å². The second-order valence-corrected chi connectivity index (χ2v) is 9.48. The molecule has 32 heavy (non-hydrogen) atoms. The zero-order chi connectivity index (χ0) is 22.2. The average Bonchev–Trinajstić information content (AvgIpc) is 3.16. The van der Waals surface area contributed by atoms with Crippen molar-refractivity contribution < 1.29 is 4.79 Å². The maximum Gasteiger partial charge on any atom is 0.247 e. The van der Waals surface area contributed by atoms with Gasteiger partial charge in [0, 0.05) is 29.5 Å². The van der Waals surface area contributed by atoms with E-state index in [1.54, 1.807) is 0 Å². The van der Waals surface area contributed by atoms with Crippen molar-refractivity contribution in [2.24, 2.45) is 0 Å². The van der Waals surface area contributed by atoms with E-state index in [0.29, 0.717) is 18.1 Å². The second-order valence-electron chi connectivity index (χ2n) is 9.05. The van der Waals surface area contributed by atoms with Crippen molar-refractivity contribution in [3.05, 3.63) is 77.0 Å². The van der Waals surface area contributed by atoms with E-state index in [4.69, 9.17) is 11.6 Å². The molecule has 1 N–H and O–H groups in total. The Kier molecular flexibility index (Phi) is 5.35. The van der Waals surface area contributed by atoms with Crippen LogP contribution in [-0.2, 0) is 10.2 Å². The number of amides is 1. The van der Waals surface area contributed by atoms with Gasteiger partial charge in [0.1, 0.15) is 5.54 Å². The Hall–Kier alpha value is -2.97. The van der Waals surface area contributed by atoms with Gasteiger partial charge in [-0.25, -0.2) is 0 Å². The van der Waals surface area contributed by atoms with Crippen LogP contribution < -0.4 is 10.2 Å². The first-order valence-electron chi connectivity index (χ1n) is 11.3. The molecule has 1 unspecified atom stereocenters. The fourth-order valence-corrected chi connectivity index (χ4v) is 5.64. The Morgan fingerprint density at radius 2 is 1.72 bits per heavy atom. The topological polar surface area (TPSA) is 59.4 Å². The molecule has 3 aliphatic rings. The molecule has 6 heteroatoms. The number of hydrogen-bond acceptors (Lipinski definition) is 4. The van der Waals surface area contributed by atoms with E-state index >= 15 is 0 Å². The van der Waals surface area contributed by atoms with Crippen LogP contribution in [0.4, 0.5) is 5.69 Å². The second kappa shape index (κ2) is 8.18. The first-order chi connectivity index (χ1) is 15.6. The van der Waals surface area contributed by atoms with Crippen LogP contribution in [0.3, 0.4) is 0 Å². The summed E-state index contributed by atoms with van der Waals surface area (Å²) in [7, 11) is 0. The summed E-state index contributed by atoms with van der Waals surface area (Å²) in [5, 5.41) is 13.8. The number of para-hydroxylation sites is 1. The van der Waals surface area contributed by atoms with Gasteiger partial charge in [0.05, 0.1) is 18.2 Å². The minimum atomic E-state index is -0.486. The number of carbonyl (C=O) groups excluding carboxylic acids is 1. The van der Waals surface area contributed by atoms with Crippen LogP contribution in [-0.4, -0.2) is 36.1 Å². The summed E-state index contributed by atoms with van der Waals surface area (Å²) in [4.78, 5) is 17.6. The lowest BCUT2D eigenvalue weighted by Crippen LogP contribution is -2.56. The minimum Gasteiger partial charge on any atom is -0.375 e. The molecular weight excluding hydrogens is 420 g/mol. The lowest BCUT2D eigenvalue weighted by molar-refractivity contribution is -0.125. The molecule has 5 rings (SSSR count). The van der Waals surface area contributed by atoms with Gasteiger partial charge in [0.2, 0.25) is 5.91 Å². The number of rotatable bonds is 3. The highest BCUT2D eigenvalue weighted by molar-refractivity contribution is 6.30. The maximum absolute atomic E-state index is 12.9. The van der Waals surface area contributed by atoms with Gasteiger partial charge in [0.15, 0.2) is 0 Å². The first-order valence-corrected chi connectivity index (χ1v) is 11.7. The van der Waals surface area contributed by atoms with Gasteiger partial charge < -0.3 is 15.1 Å². The number of benzene rings is 2. The van der Waals surface area contributed by atoms with Crippen molar-refractivity contribution in [2.75, 3.05) is 24.7 Å². The maximum atomic E-state index is 12.9. The van der Waals surface area contributed by atoms with Crippen LogP contribution in [0.2, 0.25) is 5.02 Å². The van der Waals surface area contributed by atoms with E-state index in [1.807, 2.05) is 42.5 Å². The Balaban J connectivity index is 1.30. The van der Waals surface area contributed by atoms with E-state index in [-0.39, 0.29) is 5.91 Å². The van der Waals surface area contributed by atoms with Crippen molar-refractivity contribution in [1.29, 1.82) is 5.26 Å². The number of carbonyl (C=O) groups is 1. The number of piperidine rings is 1. The molecule has 2 aromatic rings. The molecule has 2 saturated heterocycles. The van der Waals surface area contributed by atoms with E-state index in [9.17, 15) is 10.1 Å². The van der Waals surface area contributed by atoms with Gasteiger partial charge in [-0.15, -0.1) is 0 Å². The van der Waals surface area contributed by atoms with Gasteiger partial charge in [-0.2, -0.15) is 5.26 Å². The number of nitriles is 1. The number of nitrogens with one attached hydrogen (secondary N) is 1. The Bertz CT molecular complexity index is 1070. The summed E-state index contributed by atoms with van der Waals surface area (Å²) < 4.78 is 0. The summed E-state index contributed by atoms with van der Waals surface area (Å²) in [6.07, 6.45) is 6.21. The predicted octanol–water partition coefficient (Wildman–Crippen LogP) is 4.60. The Morgan fingerprint density at radius 3 is 2.34 bits per heavy atom. The summed E-state index contributed by atoms with van der Waals surface area (Å²) in [6.45, 7) is 2.27. The van der Waals surface area contributed by atoms with Crippen molar-refractivity contribution in [3.8, 4) is 6.07 Å². The molecule has 1 aliphatic carbocycles. The lowest BCUT2D eigenvalue weighted by Gasteiger charge is -2.45. The summed E-state index contributed by atoms with van der Waals surface area (Å²) in [5.74, 6) is 0.143. The van der Waals surface area contributed by atoms with Crippen molar-refractivity contribution in [3.63, 3.8) is 0 Å². The first kappa shape index (κ1) is 20.9. The molecule has 0 saturated carbocycles. The quantitative estimate of drug-likeness (QED) is 0.748. The van der Waals surface area contributed by atoms with Crippen LogP contribution in [0.15, 0.2) is 66.4 Å². The van der Waals surface area contributed by atoms with E-state index < -0.39 is 11.0 Å². The molecule has 2 heterocycles. The summed E-state index contributed by atoms with van der Waals surface area (Å²) in [5.41, 5.74) is 2.49. The standard InChI is InChI=1S/C26H27ClN4O/c27-21-8-6-20(7-9-21)25(18-28)12-10-22(11-13-25)30-16-14-26(15-17-30)24(32)29-19-31(26)23-4-2-1-3-5-23/h1-10H,11-17,19H2,(H,29,32). The van der Waals surface area contributed by atoms with Gasteiger partial charge in [-0.1, -0.05) is 48.0 Å². The molecule has 2 aromatic carbocycles. The third-order valence-corrected chi connectivity index (χ3v) is 7.76. The number of nitrogens with zero attached hydrogens (tertiary/aromatic N) is 3. The van der Waals surface area contributed by atoms with Gasteiger partial charge >= 0.3 is 0 Å². The molecule has 1 spiro atoms. The van der Waals surface area contributed by atoms with Crippen LogP contribution in [0.1, 0.15) is 37.7 Å². The molecule has 164 valence electrons.